The van der Waals surface area contributed by atoms with Crippen molar-refractivity contribution in [1.29, 1.82) is 0 Å². The molecule has 0 fully saturated rings. The van der Waals surface area contributed by atoms with E-state index in [-0.39, 0.29) is 5.69 Å². The fourth-order valence-electron chi connectivity index (χ4n) is 1.92. The lowest BCUT2D eigenvalue weighted by atomic mass is 10.0. The van der Waals surface area contributed by atoms with E-state index < -0.39 is 5.97 Å². The summed E-state index contributed by atoms with van der Waals surface area (Å²) < 4.78 is 1.65. The molecule has 2 rings (SSSR count). The minimum atomic E-state index is -1.02. The zero-order chi connectivity index (χ0) is 14.0. The van der Waals surface area contributed by atoms with Crippen molar-refractivity contribution < 1.29 is 9.90 Å². The lowest BCUT2D eigenvalue weighted by Crippen LogP contribution is -2.03. The van der Waals surface area contributed by atoms with Crippen LogP contribution in [0.2, 0.25) is 0 Å². The summed E-state index contributed by atoms with van der Waals surface area (Å²) in [5, 5.41) is 13.1. The molecule has 0 amide bonds. The zero-order valence-corrected chi connectivity index (χ0v) is 11.1. The summed E-state index contributed by atoms with van der Waals surface area (Å²) in [4.78, 5) is 11.0. The number of benzene rings is 1. The predicted octanol–water partition coefficient (Wildman–Crippen LogP) is 3.05. The molecule has 0 atom stereocenters. The van der Waals surface area contributed by atoms with E-state index >= 15 is 0 Å². The Hall–Kier alpha value is -2.36. The van der Waals surface area contributed by atoms with E-state index in [0.29, 0.717) is 6.54 Å². The van der Waals surface area contributed by atoms with E-state index in [2.05, 4.69) is 11.7 Å². The topological polar surface area (TPSA) is 55.1 Å². The third-order valence-electron chi connectivity index (χ3n) is 3.10. The molecule has 1 aromatic carbocycles. The first-order valence-electron chi connectivity index (χ1n) is 6.02. The third kappa shape index (κ3) is 2.57. The van der Waals surface area contributed by atoms with Crippen molar-refractivity contribution in [3.8, 4) is 11.3 Å². The van der Waals surface area contributed by atoms with Gasteiger partial charge in [-0.1, -0.05) is 18.2 Å². The van der Waals surface area contributed by atoms with Crippen molar-refractivity contribution in [2.75, 3.05) is 0 Å². The van der Waals surface area contributed by atoms with Crippen LogP contribution < -0.4 is 0 Å². The number of aryl methyl sites for hydroxylation is 2. The van der Waals surface area contributed by atoms with Gasteiger partial charge in [-0.15, -0.1) is 6.58 Å². The number of aromatic carboxylic acids is 1. The Kier molecular flexibility index (Phi) is 3.51. The monoisotopic (exact) mass is 256 g/mol. The fourth-order valence-corrected chi connectivity index (χ4v) is 1.92. The number of allylic oxidation sites excluding steroid dienone is 1. The van der Waals surface area contributed by atoms with Gasteiger partial charge in [0.2, 0.25) is 0 Å². The minimum Gasteiger partial charge on any atom is -0.476 e. The second-order valence-electron chi connectivity index (χ2n) is 4.49. The quantitative estimate of drug-likeness (QED) is 0.855. The molecule has 19 heavy (non-hydrogen) atoms. The molecule has 0 aliphatic heterocycles. The average molecular weight is 256 g/mol. The molecule has 1 N–H and O–H groups in total. The normalized spacial score (nSPS) is 10.4. The highest BCUT2D eigenvalue weighted by atomic mass is 16.4. The highest BCUT2D eigenvalue weighted by Gasteiger charge is 2.14. The molecule has 0 aliphatic carbocycles. The van der Waals surface area contributed by atoms with Crippen LogP contribution in [0.4, 0.5) is 0 Å². The number of rotatable bonds is 4. The van der Waals surface area contributed by atoms with E-state index in [0.717, 1.165) is 11.3 Å². The molecular formula is C15H16N2O2. The van der Waals surface area contributed by atoms with Gasteiger partial charge in [0.05, 0.1) is 12.2 Å². The van der Waals surface area contributed by atoms with E-state index in [1.165, 1.54) is 11.1 Å². The maximum Gasteiger partial charge on any atom is 0.356 e. The van der Waals surface area contributed by atoms with Crippen LogP contribution in [0, 0.1) is 13.8 Å². The van der Waals surface area contributed by atoms with Gasteiger partial charge in [0.25, 0.3) is 0 Å². The molecular weight excluding hydrogens is 240 g/mol. The highest BCUT2D eigenvalue weighted by molar-refractivity contribution is 5.87. The highest BCUT2D eigenvalue weighted by Crippen LogP contribution is 2.23. The number of carboxylic acid groups (broad SMARTS) is 1. The Morgan fingerprint density at radius 2 is 2.11 bits per heavy atom. The summed E-state index contributed by atoms with van der Waals surface area (Å²) in [6, 6.07) is 7.63. The predicted molar refractivity (Wildman–Crippen MR) is 74.3 cm³/mol. The van der Waals surface area contributed by atoms with Crippen LogP contribution in [0.1, 0.15) is 21.6 Å². The molecule has 0 aliphatic rings. The molecule has 0 saturated carbocycles. The van der Waals surface area contributed by atoms with Crippen molar-refractivity contribution in [3.05, 3.63) is 53.7 Å². The summed E-state index contributed by atoms with van der Waals surface area (Å²) in [5.41, 5.74) is 4.18. The van der Waals surface area contributed by atoms with Gasteiger partial charge < -0.3 is 5.11 Å². The molecule has 2 aromatic rings. The van der Waals surface area contributed by atoms with Crippen molar-refractivity contribution in [3.63, 3.8) is 0 Å². The number of hydrogen-bond donors (Lipinski definition) is 1. The van der Waals surface area contributed by atoms with Crippen LogP contribution in [-0.2, 0) is 6.54 Å². The smallest absolute Gasteiger partial charge is 0.356 e. The first-order chi connectivity index (χ1) is 9.02. The lowest BCUT2D eigenvalue weighted by molar-refractivity contribution is 0.0689. The van der Waals surface area contributed by atoms with Gasteiger partial charge in [0.1, 0.15) is 0 Å². The van der Waals surface area contributed by atoms with Gasteiger partial charge >= 0.3 is 5.97 Å². The summed E-state index contributed by atoms with van der Waals surface area (Å²) in [6.45, 7) is 8.23. The SMILES string of the molecule is C=CCn1nc(C(=O)O)cc1-c1ccc(C)c(C)c1. The summed E-state index contributed by atoms with van der Waals surface area (Å²) >= 11 is 0. The first kappa shape index (κ1) is 13.1. The second kappa shape index (κ2) is 5.10. The fraction of sp³-hybridized carbons (Fsp3) is 0.200. The Bertz CT molecular complexity index is 642. The van der Waals surface area contributed by atoms with Crippen molar-refractivity contribution >= 4 is 5.97 Å². The number of carboxylic acids is 1. The molecule has 1 heterocycles. The van der Waals surface area contributed by atoms with E-state index in [1.807, 2.05) is 32.0 Å². The Morgan fingerprint density at radius 1 is 1.37 bits per heavy atom. The molecule has 0 spiro atoms. The van der Waals surface area contributed by atoms with Gasteiger partial charge in [-0.05, 0) is 37.1 Å². The molecule has 0 saturated heterocycles. The molecule has 1 aromatic heterocycles. The third-order valence-corrected chi connectivity index (χ3v) is 3.10. The number of carbonyl (C=O) groups is 1. The molecule has 4 heteroatoms. The summed E-state index contributed by atoms with van der Waals surface area (Å²) in [6.07, 6.45) is 1.70. The minimum absolute atomic E-state index is 0.0510. The van der Waals surface area contributed by atoms with Crippen molar-refractivity contribution in [1.82, 2.24) is 9.78 Å². The average Bonchev–Trinajstić information content (AvgIpc) is 2.77. The Balaban J connectivity index is 2.55. The van der Waals surface area contributed by atoms with E-state index in [1.54, 1.807) is 16.8 Å². The van der Waals surface area contributed by atoms with Crippen LogP contribution in [0.25, 0.3) is 11.3 Å². The summed E-state index contributed by atoms with van der Waals surface area (Å²) in [5.74, 6) is -1.02. The largest absolute Gasteiger partial charge is 0.476 e. The second-order valence-corrected chi connectivity index (χ2v) is 4.49. The first-order valence-corrected chi connectivity index (χ1v) is 6.02. The van der Waals surface area contributed by atoms with Crippen LogP contribution in [0.5, 0.6) is 0 Å². The molecule has 98 valence electrons. The summed E-state index contributed by atoms with van der Waals surface area (Å²) in [7, 11) is 0. The molecule has 0 bridgehead atoms. The van der Waals surface area contributed by atoms with Gasteiger partial charge in [0.15, 0.2) is 5.69 Å². The Morgan fingerprint density at radius 3 is 2.68 bits per heavy atom. The number of nitrogens with zero attached hydrogens (tertiary/aromatic N) is 2. The lowest BCUT2D eigenvalue weighted by Gasteiger charge is -2.07. The van der Waals surface area contributed by atoms with Crippen LogP contribution in [-0.4, -0.2) is 20.9 Å². The van der Waals surface area contributed by atoms with Gasteiger partial charge in [-0.2, -0.15) is 5.10 Å². The standard InChI is InChI=1S/C15H16N2O2/c1-4-7-17-14(9-13(16-17)15(18)19)12-6-5-10(2)11(3)8-12/h4-6,8-9H,1,7H2,2-3H3,(H,18,19). The molecule has 0 radical (unpaired) electrons. The van der Waals surface area contributed by atoms with Crippen LogP contribution in [0.3, 0.4) is 0 Å². The van der Waals surface area contributed by atoms with E-state index in [9.17, 15) is 4.79 Å². The van der Waals surface area contributed by atoms with Gasteiger partial charge in [-0.3, -0.25) is 4.68 Å². The molecule has 4 nitrogen and oxygen atoms in total. The zero-order valence-electron chi connectivity index (χ0n) is 11.1. The van der Waals surface area contributed by atoms with Gasteiger partial charge in [-0.25, -0.2) is 4.79 Å². The van der Waals surface area contributed by atoms with Crippen molar-refractivity contribution in [2.45, 2.75) is 20.4 Å². The van der Waals surface area contributed by atoms with Gasteiger partial charge in [0, 0.05) is 5.56 Å². The number of aromatic nitrogens is 2. The number of hydrogen-bond acceptors (Lipinski definition) is 2. The van der Waals surface area contributed by atoms with Crippen molar-refractivity contribution in [2.24, 2.45) is 0 Å². The maximum atomic E-state index is 11.0. The molecule has 0 unspecified atom stereocenters. The Labute approximate surface area is 112 Å². The maximum absolute atomic E-state index is 11.0. The van der Waals surface area contributed by atoms with Crippen LogP contribution in [0.15, 0.2) is 36.9 Å². The van der Waals surface area contributed by atoms with E-state index in [4.69, 9.17) is 5.11 Å². The van der Waals surface area contributed by atoms with Crippen LogP contribution >= 0.6 is 0 Å².